The Hall–Kier alpha value is -2.62. The number of benzene rings is 2. The third kappa shape index (κ3) is 3.18. The molecule has 0 saturated heterocycles. The van der Waals surface area contributed by atoms with Gasteiger partial charge in [0.2, 0.25) is 0 Å². The zero-order valence-corrected chi connectivity index (χ0v) is 13.4. The summed E-state index contributed by atoms with van der Waals surface area (Å²) in [6, 6.07) is 15.7. The molecular formula is C20H20O4. The molecular weight excluding hydrogens is 304 g/mol. The molecule has 0 spiro atoms. The molecule has 2 aromatic rings. The minimum absolute atomic E-state index is 0.420. The van der Waals surface area contributed by atoms with Gasteiger partial charge in [0.1, 0.15) is 5.75 Å². The summed E-state index contributed by atoms with van der Waals surface area (Å²) in [5.41, 5.74) is 0.463. The van der Waals surface area contributed by atoms with E-state index in [1.807, 2.05) is 6.07 Å². The first-order chi connectivity index (χ1) is 11.6. The predicted octanol–water partition coefficient (Wildman–Crippen LogP) is 4.19. The average Bonchev–Trinajstić information content (AvgIpc) is 2.63. The molecule has 1 fully saturated rings. The van der Waals surface area contributed by atoms with E-state index in [0.717, 1.165) is 24.8 Å². The molecule has 0 aliphatic heterocycles. The Kier molecular flexibility index (Phi) is 4.65. The topological polar surface area (TPSA) is 63.6 Å². The first kappa shape index (κ1) is 16.2. The fraction of sp³-hybridized carbons (Fsp3) is 0.300. The number of aliphatic carboxylic acids is 1. The maximum atomic E-state index is 12.1. The third-order valence-corrected chi connectivity index (χ3v) is 4.74. The largest absolute Gasteiger partial charge is 0.481 e. The normalized spacial score (nSPS) is 16.3. The van der Waals surface area contributed by atoms with Crippen LogP contribution in [0.2, 0.25) is 0 Å². The van der Waals surface area contributed by atoms with Gasteiger partial charge in [-0.2, -0.15) is 0 Å². The highest BCUT2D eigenvalue weighted by atomic mass is 16.5. The molecule has 0 amide bonds. The van der Waals surface area contributed by atoms with Crippen LogP contribution in [0.1, 0.15) is 48.0 Å². The number of esters is 1. The summed E-state index contributed by atoms with van der Waals surface area (Å²) in [4.78, 5) is 23.9. The van der Waals surface area contributed by atoms with Crippen LogP contribution in [0.25, 0.3) is 0 Å². The van der Waals surface area contributed by atoms with Crippen LogP contribution in [0.4, 0.5) is 0 Å². The van der Waals surface area contributed by atoms with E-state index in [-0.39, 0.29) is 0 Å². The van der Waals surface area contributed by atoms with Crippen molar-refractivity contribution in [1.82, 2.24) is 0 Å². The Morgan fingerprint density at radius 2 is 1.50 bits per heavy atom. The van der Waals surface area contributed by atoms with Gasteiger partial charge in [0.25, 0.3) is 0 Å². The van der Waals surface area contributed by atoms with Crippen molar-refractivity contribution in [2.24, 2.45) is 0 Å². The zero-order valence-electron chi connectivity index (χ0n) is 13.4. The molecule has 124 valence electrons. The minimum Gasteiger partial charge on any atom is -0.481 e. The molecule has 24 heavy (non-hydrogen) atoms. The standard InChI is InChI=1S/C20H20O4/c21-18(15-7-3-1-4-8-15)24-17-11-9-16(10-12-17)20(19(22)23)13-5-2-6-14-20/h1,3-4,7-12H,2,5-6,13-14H2,(H,22,23). The molecule has 4 heteroatoms. The van der Waals surface area contributed by atoms with Gasteiger partial charge in [-0.1, -0.05) is 49.6 Å². The van der Waals surface area contributed by atoms with E-state index in [1.165, 1.54) is 0 Å². The molecule has 1 saturated carbocycles. The van der Waals surface area contributed by atoms with Gasteiger partial charge in [-0.15, -0.1) is 0 Å². The second-order valence-electron chi connectivity index (χ2n) is 6.23. The van der Waals surface area contributed by atoms with E-state index in [2.05, 4.69) is 0 Å². The summed E-state index contributed by atoms with van der Waals surface area (Å²) in [6.07, 6.45) is 4.26. The number of carbonyl (C=O) groups excluding carboxylic acids is 1. The van der Waals surface area contributed by atoms with E-state index in [0.29, 0.717) is 24.2 Å². The number of rotatable bonds is 4. The van der Waals surface area contributed by atoms with Gasteiger partial charge in [-0.3, -0.25) is 4.79 Å². The van der Waals surface area contributed by atoms with Gasteiger partial charge in [0.15, 0.2) is 0 Å². The third-order valence-electron chi connectivity index (χ3n) is 4.74. The molecule has 1 N–H and O–H groups in total. The molecule has 2 aromatic carbocycles. The number of hydrogen-bond donors (Lipinski definition) is 1. The Bertz CT molecular complexity index is 713. The van der Waals surface area contributed by atoms with Gasteiger partial charge in [-0.05, 0) is 42.7 Å². The van der Waals surface area contributed by atoms with E-state index in [9.17, 15) is 14.7 Å². The summed E-state index contributed by atoms with van der Waals surface area (Å²) >= 11 is 0. The summed E-state index contributed by atoms with van der Waals surface area (Å²) < 4.78 is 5.35. The molecule has 0 atom stereocenters. The first-order valence-electron chi connectivity index (χ1n) is 8.23. The molecule has 0 radical (unpaired) electrons. The number of hydrogen-bond acceptors (Lipinski definition) is 3. The van der Waals surface area contributed by atoms with Gasteiger partial charge in [0, 0.05) is 0 Å². The van der Waals surface area contributed by atoms with Gasteiger partial charge in [0.05, 0.1) is 11.0 Å². The summed E-state index contributed by atoms with van der Waals surface area (Å²) in [5, 5.41) is 9.72. The van der Waals surface area contributed by atoms with Crippen LogP contribution in [0.15, 0.2) is 54.6 Å². The molecule has 0 unspecified atom stereocenters. The van der Waals surface area contributed by atoms with Crippen LogP contribution in [0.3, 0.4) is 0 Å². The lowest BCUT2D eigenvalue weighted by Crippen LogP contribution is -2.37. The number of carbonyl (C=O) groups is 2. The monoisotopic (exact) mass is 324 g/mol. The van der Waals surface area contributed by atoms with Crippen LogP contribution >= 0.6 is 0 Å². The molecule has 1 aliphatic rings. The van der Waals surface area contributed by atoms with Gasteiger partial charge >= 0.3 is 11.9 Å². The fourth-order valence-electron chi connectivity index (χ4n) is 3.36. The Morgan fingerprint density at radius 3 is 2.08 bits per heavy atom. The zero-order chi connectivity index (χ0) is 17.0. The molecule has 0 aromatic heterocycles. The van der Waals surface area contributed by atoms with E-state index < -0.39 is 17.4 Å². The molecule has 1 aliphatic carbocycles. The number of carboxylic acids is 1. The molecule has 4 nitrogen and oxygen atoms in total. The molecule has 0 bridgehead atoms. The first-order valence-corrected chi connectivity index (χ1v) is 8.23. The van der Waals surface area contributed by atoms with Crippen molar-refractivity contribution in [2.45, 2.75) is 37.5 Å². The second-order valence-corrected chi connectivity index (χ2v) is 6.23. The van der Waals surface area contributed by atoms with Crippen molar-refractivity contribution >= 4 is 11.9 Å². The Balaban J connectivity index is 1.78. The number of carboxylic acid groups (broad SMARTS) is 1. The average molecular weight is 324 g/mol. The Labute approximate surface area is 141 Å². The van der Waals surface area contributed by atoms with Crippen LogP contribution in [0, 0.1) is 0 Å². The van der Waals surface area contributed by atoms with Gasteiger partial charge in [-0.25, -0.2) is 4.79 Å². The Morgan fingerprint density at radius 1 is 0.875 bits per heavy atom. The maximum Gasteiger partial charge on any atom is 0.343 e. The highest BCUT2D eigenvalue weighted by Gasteiger charge is 2.41. The van der Waals surface area contributed by atoms with Gasteiger partial charge < -0.3 is 9.84 Å². The lowest BCUT2D eigenvalue weighted by Gasteiger charge is -2.33. The van der Waals surface area contributed by atoms with Crippen molar-refractivity contribution in [3.63, 3.8) is 0 Å². The predicted molar refractivity (Wildman–Crippen MR) is 90.2 cm³/mol. The smallest absolute Gasteiger partial charge is 0.343 e. The van der Waals surface area contributed by atoms with Crippen molar-refractivity contribution < 1.29 is 19.4 Å². The van der Waals surface area contributed by atoms with Crippen LogP contribution in [-0.4, -0.2) is 17.0 Å². The van der Waals surface area contributed by atoms with Crippen LogP contribution < -0.4 is 4.74 Å². The van der Waals surface area contributed by atoms with E-state index >= 15 is 0 Å². The second kappa shape index (κ2) is 6.87. The summed E-state index contributed by atoms with van der Waals surface area (Å²) in [6.45, 7) is 0. The number of ether oxygens (including phenoxy) is 1. The highest BCUT2D eigenvalue weighted by molar-refractivity contribution is 5.91. The lowest BCUT2D eigenvalue weighted by molar-refractivity contribution is -0.145. The minimum atomic E-state index is -0.805. The van der Waals surface area contributed by atoms with Crippen molar-refractivity contribution in [2.75, 3.05) is 0 Å². The molecule has 3 rings (SSSR count). The van der Waals surface area contributed by atoms with Crippen LogP contribution in [0.5, 0.6) is 5.75 Å². The maximum absolute atomic E-state index is 12.1. The van der Waals surface area contributed by atoms with Crippen molar-refractivity contribution in [1.29, 1.82) is 0 Å². The summed E-state index contributed by atoms with van der Waals surface area (Å²) in [7, 11) is 0. The summed E-state index contributed by atoms with van der Waals surface area (Å²) in [5.74, 6) is -0.769. The van der Waals surface area contributed by atoms with Crippen molar-refractivity contribution in [3.8, 4) is 5.75 Å². The quantitative estimate of drug-likeness (QED) is 0.676. The molecule has 0 heterocycles. The highest BCUT2D eigenvalue weighted by Crippen LogP contribution is 2.40. The SMILES string of the molecule is O=C(Oc1ccc(C2(C(=O)O)CCCCC2)cc1)c1ccccc1. The lowest BCUT2D eigenvalue weighted by atomic mass is 9.69. The fourth-order valence-corrected chi connectivity index (χ4v) is 3.36. The van der Waals surface area contributed by atoms with E-state index in [1.54, 1.807) is 48.5 Å². The van der Waals surface area contributed by atoms with Crippen LogP contribution in [-0.2, 0) is 10.2 Å². The van der Waals surface area contributed by atoms with Crippen molar-refractivity contribution in [3.05, 3.63) is 65.7 Å². The van der Waals surface area contributed by atoms with E-state index in [4.69, 9.17) is 4.74 Å².